The zero-order chi connectivity index (χ0) is 16.2. The summed E-state index contributed by atoms with van der Waals surface area (Å²) in [5.41, 5.74) is 0.931. The van der Waals surface area contributed by atoms with Gasteiger partial charge in [-0.2, -0.15) is 5.10 Å². The van der Waals surface area contributed by atoms with E-state index in [1.807, 2.05) is 50.2 Å². The molecule has 118 valence electrons. The third-order valence-corrected chi connectivity index (χ3v) is 3.45. The Kier molecular flexibility index (Phi) is 4.23. The molecule has 0 saturated heterocycles. The van der Waals surface area contributed by atoms with Crippen LogP contribution < -0.4 is 5.32 Å². The van der Waals surface area contributed by atoms with Gasteiger partial charge in [-0.05, 0) is 26.0 Å². The summed E-state index contributed by atoms with van der Waals surface area (Å²) in [5.74, 6) is 1.90. The Balaban J connectivity index is 1.74. The molecule has 0 radical (unpaired) electrons. The lowest BCUT2D eigenvalue weighted by Gasteiger charge is -2.12. The molecule has 23 heavy (non-hydrogen) atoms. The third-order valence-electron chi connectivity index (χ3n) is 3.45. The van der Waals surface area contributed by atoms with Gasteiger partial charge in [-0.1, -0.05) is 30.3 Å². The number of benzene rings is 1. The Morgan fingerprint density at radius 3 is 2.74 bits per heavy atom. The Bertz CT molecular complexity index is 778. The highest BCUT2D eigenvalue weighted by Gasteiger charge is 2.16. The van der Waals surface area contributed by atoms with Crippen LogP contribution in [0.2, 0.25) is 0 Å². The van der Waals surface area contributed by atoms with E-state index >= 15 is 0 Å². The largest absolute Gasteiger partial charge is 0.467 e. The van der Waals surface area contributed by atoms with Crippen LogP contribution in [0.1, 0.15) is 24.6 Å². The first-order chi connectivity index (χ1) is 11.1. The topological polar surface area (TPSA) is 73.0 Å². The second kappa shape index (κ2) is 6.48. The molecule has 2 heterocycles. The van der Waals surface area contributed by atoms with Gasteiger partial charge in [0.05, 0.1) is 12.3 Å². The molecule has 0 aliphatic carbocycles. The number of amides is 1. The number of furan rings is 1. The van der Waals surface area contributed by atoms with Crippen LogP contribution in [0.3, 0.4) is 0 Å². The van der Waals surface area contributed by atoms with E-state index in [2.05, 4.69) is 15.4 Å². The molecule has 0 unspecified atom stereocenters. The highest BCUT2D eigenvalue weighted by molar-refractivity contribution is 5.76. The van der Waals surface area contributed by atoms with Crippen molar-refractivity contribution in [2.24, 2.45) is 0 Å². The smallest absolute Gasteiger partial charge is 0.242 e. The standard InChI is InChI=1S/C17H18N4O2/c1-12(15-9-6-10-23-15)18-16(22)11-21-17(19-13(2)20-21)14-7-4-3-5-8-14/h3-10,12H,11H2,1-2H3,(H,18,22)/t12-/m1/s1. The van der Waals surface area contributed by atoms with Crippen molar-refractivity contribution < 1.29 is 9.21 Å². The van der Waals surface area contributed by atoms with Crippen LogP contribution in [0.15, 0.2) is 53.1 Å². The molecule has 0 aliphatic heterocycles. The number of aromatic nitrogens is 3. The maximum Gasteiger partial charge on any atom is 0.242 e. The van der Waals surface area contributed by atoms with E-state index in [4.69, 9.17) is 4.42 Å². The SMILES string of the molecule is Cc1nc(-c2ccccc2)n(CC(=O)N[C@H](C)c2ccco2)n1. The summed E-state index contributed by atoms with van der Waals surface area (Å²) in [7, 11) is 0. The summed E-state index contributed by atoms with van der Waals surface area (Å²) in [4.78, 5) is 16.7. The van der Waals surface area contributed by atoms with Gasteiger partial charge < -0.3 is 9.73 Å². The van der Waals surface area contributed by atoms with E-state index in [-0.39, 0.29) is 18.5 Å². The minimum Gasteiger partial charge on any atom is -0.467 e. The summed E-state index contributed by atoms with van der Waals surface area (Å²) >= 11 is 0. The fraction of sp³-hybridized carbons (Fsp3) is 0.235. The first kappa shape index (κ1) is 15.0. The molecule has 1 atom stereocenters. The highest BCUT2D eigenvalue weighted by Crippen LogP contribution is 2.17. The number of carbonyl (C=O) groups excluding carboxylic acids is 1. The van der Waals surface area contributed by atoms with Crippen molar-refractivity contribution in [3.63, 3.8) is 0 Å². The molecule has 1 aromatic carbocycles. The Hall–Kier alpha value is -2.89. The molecule has 6 heteroatoms. The van der Waals surface area contributed by atoms with Crippen LogP contribution in [0.5, 0.6) is 0 Å². The van der Waals surface area contributed by atoms with Crippen LogP contribution in [0, 0.1) is 6.92 Å². The molecule has 3 aromatic rings. The van der Waals surface area contributed by atoms with Crippen LogP contribution in [-0.4, -0.2) is 20.7 Å². The summed E-state index contributed by atoms with van der Waals surface area (Å²) in [6, 6.07) is 13.1. The zero-order valence-electron chi connectivity index (χ0n) is 13.1. The van der Waals surface area contributed by atoms with Gasteiger partial charge in [0.25, 0.3) is 0 Å². The van der Waals surface area contributed by atoms with E-state index < -0.39 is 0 Å². The van der Waals surface area contributed by atoms with Crippen molar-refractivity contribution in [1.29, 1.82) is 0 Å². The van der Waals surface area contributed by atoms with Gasteiger partial charge >= 0.3 is 0 Å². The molecule has 0 spiro atoms. The summed E-state index contributed by atoms with van der Waals surface area (Å²) in [6.45, 7) is 3.80. The van der Waals surface area contributed by atoms with Crippen LogP contribution in [0.25, 0.3) is 11.4 Å². The zero-order valence-corrected chi connectivity index (χ0v) is 13.1. The van der Waals surface area contributed by atoms with Crippen molar-refractivity contribution >= 4 is 5.91 Å². The van der Waals surface area contributed by atoms with Gasteiger partial charge in [0.1, 0.15) is 18.1 Å². The van der Waals surface area contributed by atoms with Crippen molar-refractivity contribution in [1.82, 2.24) is 20.1 Å². The van der Waals surface area contributed by atoms with E-state index in [1.54, 1.807) is 17.0 Å². The Morgan fingerprint density at radius 1 is 1.26 bits per heavy atom. The third kappa shape index (κ3) is 3.48. The second-order valence-electron chi connectivity index (χ2n) is 5.31. The van der Waals surface area contributed by atoms with Crippen LogP contribution in [0.4, 0.5) is 0 Å². The lowest BCUT2D eigenvalue weighted by atomic mass is 10.2. The summed E-state index contributed by atoms with van der Waals surface area (Å²) in [6.07, 6.45) is 1.59. The van der Waals surface area contributed by atoms with Gasteiger partial charge in [0.15, 0.2) is 5.82 Å². The molecule has 6 nitrogen and oxygen atoms in total. The quantitative estimate of drug-likeness (QED) is 0.786. The van der Waals surface area contributed by atoms with E-state index in [1.165, 1.54) is 0 Å². The second-order valence-corrected chi connectivity index (χ2v) is 5.31. The Morgan fingerprint density at radius 2 is 2.04 bits per heavy atom. The van der Waals surface area contributed by atoms with E-state index in [0.29, 0.717) is 11.6 Å². The number of hydrogen-bond donors (Lipinski definition) is 1. The molecule has 1 amide bonds. The van der Waals surface area contributed by atoms with Crippen molar-refractivity contribution in [2.45, 2.75) is 26.4 Å². The van der Waals surface area contributed by atoms with Gasteiger partial charge in [0.2, 0.25) is 5.91 Å². The lowest BCUT2D eigenvalue weighted by molar-refractivity contribution is -0.122. The molecular weight excluding hydrogens is 292 g/mol. The number of carbonyl (C=O) groups is 1. The average Bonchev–Trinajstić information content (AvgIpc) is 3.18. The minimum absolute atomic E-state index is 0.107. The van der Waals surface area contributed by atoms with Crippen molar-refractivity contribution in [2.75, 3.05) is 0 Å². The van der Waals surface area contributed by atoms with Gasteiger partial charge in [-0.15, -0.1) is 0 Å². The number of nitrogens with one attached hydrogen (secondary N) is 1. The molecule has 0 bridgehead atoms. The van der Waals surface area contributed by atoms with E-state index in [0.717, 1.165) is 11.3 Å². The van der Waals surface area contributed by atoms with Crippen molar-refractivity contribution in [3.8, 4) is 11.4 Å². The number of hydrogen-bond acceptors (Lipinski definition) is 4. The molecule has 0 saturated carbocycles. The fourth-order valence-electron chi connectivity index (χ4n) is 2.40. The van der Waals surface area contributed by atoms with Gasteiger partial charge in [0, 0.05) is 5.56 Å². The van der Waals surface area contributed by atoms with Gasteiger partial charge in [-0.25, -0.2) is 9.67 Å². The predicted octanol–water partition coefficient (Wildman–Crippen LogP) is 2.72. The summed E-state index contributed by atoms with van der Waals surface area (Å²) < 4.78 is 6.91. The summed E-state index contributed by atoms with van der Waals surface area (Å²) in [5, 5.41) is 7.22. The predicted molar refractivity (Wildman–Crippen MR) is 85.5 cm³/mol. The average molecular weight is 310 g/mol. The minimum atomic E-state index is -0.192. The first-order valence-corrected chi connectivity index (χ1v) is 7.43. The fourth-order valence-corrected chi connectivity index (χ4v) is 2.40. The molecule has 2 aromatic heterocycles. The monoisotopic (exact) mass is 310 g/mol. The van der Waals surface area contributed by atoms with Crippen molar-refractivity contribution in [3.05, 3.63) is 60.3 Å². The maximum atomic E-state index is 12.3. The highest BCUT2D eigenvalue weighted by atomic mass is 16.3. The van der Waals surface area contributed by atoms with Crippen LogP contribution >= 0.6 is 0 Å². The number of nitrogens with zero attached hydrogens (tertiary/aromatic N) is 3. The first-order valence-electron chi connectivity index (χ1n) is 7.43. The number of rotatable bonds is 5. The lowest BCUT2D eigenvalue weighted by Crippen LogP contribution is -2.30. The molecule has 0 fully saturated rings. The van der Waals surface area contributed by atoms with Crippen LogP contribution in [-0.2, 0) is 11.3 Å². The molecule has 0 aliphatic rings. The molecule has 3 rings (SSSR count). The number of aryl methyl sites for hydroxylation is 1. The van der Waals surface area contributed by atoms with E-state index in [9.17, 15) is 4.79 Å². The maximum absolute atomic E-state index is 12.3. The Labute approximate surface area is 134 Å². The molecule has 1 N–H and O–H groups in total. The van der Waals surface area contributed by atoms with Gasteiger partial charge in [-0.3, -0.25) is 4.79 Å². The normalized spacial score (nSPS) is 12.1. The molecular formula is C17H18N4O2.